The predicted molar refractivity (Wildman–Crippen MR) is 75.6 cm³/mol. The molecule has 0 aliphatic heterocycles. The minimum absolute atomic E-state index is 0.184. The van der Waals surface area contributed by atoms with Gasteiger partial charge >= 0.3 is 5.97 Å². The van der Waals surface area contributed by atoms with Gasteiger partial charge in [-0.25, -0.2) is 4.79 Å². The van der Waals surface area contributed by atoms with E-state index in [2.05, 4.69) is 10.4 Å². The number of aromatic nitrogens is 2. The summed E-state index contributed by atoms with van der Waals surface area (Å²) in [7, 11) is 1.45. The first-order valence-electron chi connectivity index (χ1n) is 7.11. The van der Waals surface area contributed by atoms with Crippen molar-refractivity contribution >= 4 is 17.6 Å². The zero-order valence-corrected chi connectivity index (χ0v) is 12.6. The third-order valence-electron chi connectivity index (χ3n) is 4.16. The smallest absolute Gasteiger partial charge is 0.328 e. The van der Waals surface area contributed by atoms with E-state index in [0.29, 0.717) is 23.5 Å². The number of hydrogen-bond donors (Lipinski definition) is 1. The Kier molecular flexibility index (Phi) is 3.50. The van der Waals surface area contributed by atoms with Crippen LogP contribution >= 0.6 is 11.6 Å². The number of methoxy groups -OCH3 is 1. The van der Waals surface area contributed by atoms with Gasteiger partial charge in [0.25, 0.3) is 0 Å². The van der Waals surface area contributed by atoms with Crippen molar-refractivity contribution in [1.29, 1.82) is 0 Å². The third kappa shape index (κ3) is 2.56. The molecule has 1 aromatic heterocycles. The number of hydrogen-bond acceptors (Lipinski definition) is 4. The van der Waals surface area contributed by atoms with E-state index in [9.17, 15) is 4.79 Å². The van der Waals surface area contributed by atoms with Crippen LogP contribution in [0.15, 0.2) is 6.20 Å². The first-order chi connectivity index (χ1) is 9.55. The Labute approximate surface area is 123 Å². The summed E-state index contributed by atoms with van der Waals surface area (Å²) in [5.74, 6) is 0.148. The quantitative estimate of drug-likeness (QED) is 0.815. The molecule has 0 aromatic carbocycles. The number of nitrogens with one attached hydrogen (secondary N) is 1. The summed E-state index contributed by atoms with van der Waals surface area (Å²) in [6.45, 7) is 2.35. The first-order valence-corrected chi connectivity index (χ1v) is 7.48. The van der Waals surface area contributed by atoms with Crippen LogP contribution in [0.25, 0.3) is 0 Å². The first kappa shape index (κ1) is 13.9. The molecule has 2 saturated carbocycles. The minimum Gasteiger partial charge on any atom is -0.468 e. The Morgan fingerprint density at radius 1 is 1.55 bits per heavy atom. The number of rotatable bonds is 6. The molecule has 2 aliphatic carbocycles. The van der Waals surface area contributed by atoms with Gasteiger partial charge in [0.15, 0.2) is 0 Å². The molecule has 1 N–H and O–H groups in total. The summed E-state index contributed by atoms with van der Waals surface area (Å²) < 4.78 is 6.85. The molecule has 20 heavy (non-hydrogen) atoms. The fraction of sp³-hybridized carbons (Fsp3) is 0.714. The van der Waals surface area contributed by atoms with Crippen molar-refractivity contribution in [2.75, 3.05) is 7.11 Å². The predicted octanol–water partition coefficient (Wildman–Crippen LogP) is 1.92. The molecule has 6 heteroatoms. The monoisotopic (exact) mass is 297 g/mol. The van der Waals surface area contributed by atoms with Crippen LogP contribution in [0, 0.1) is 12.8 Å². The summed E-state index contributed by atoms with van der Waals surface area (Å²) in [4.78, 5) is 12.4. The van der Waals surface area contributed by atoms with Crippen LogP contribution < -0.4 is 5.32 Å². The number of halogens is 1. The fourth-order valence-corrected chi connectivity index (χ4v) is 2.91. The molecular formula is C14H20ClN3O2. The van der Waals surface area contributed by atoms with Crippen molar-refractivity contribution in [3.05, 3.63) is 16.9 Å². The largest absolute Gasteiger partial charge is 0.468 e. The SMILES string of the molecule is COC(=O)C(Cn1cc(Cl)c(C)n1)(NC1CC1)C1CC1. The van der Waals surface area contributed by atoms with Crippen LogP contribution in [-0.2, 0) is 16.1 Å². The molecule has 0 saturated heterocycles. The lowest BCUT2D eigenvalue weighted by Gasteiger charge is -2.32. The molecule has 1 heterocycles. The Hall–Kier alpha value is -1.07. The van der Waals surface area contributed by atoms with Crippen molar-refractivity contribution in [3.8, 4) is 0 Å². The number of ether oxygens (including phenoxy) is 1. The number of carbonyl (C=O) groups excluding carboxylic acids is 1. The summed E-state index contributed by atoms with van der Waals surface area (Å²) in [6.07, 6.45) is 6.16. The van der Waals surface area contributed by atoms with Crippen LogP contribution in [0.5, 0.6) is 0 Å². The highest BCUT2D eigenvalue weighted by atomic mass is 35.5. The summed E-state index contributed by atoms with van der Waals surface area (Å²) in [6, 6.07) is 0.432. The van der Waals surface area contributed by atoms with E-state index in [-0.39, 0.29) is 5.97 Å². The molecule has 0 spiro atoms. The van der Waals surface area contributed by atoms with Gasteiger partial charge in [0.1, 0.15) is 5.54 Å². The van der Waals surface area contributed by atoms with Gasteiger partial charge in [-0.15, -0.1) is 0 Å². The van der Waals surface area contributed by atoms with Crippen LogP contribution in [0.3, 0.4) is 0 Å². The fourth-order valence-electron chi connectivity index (χ4n) is 2.76. The molecule has 1 unspecified atom stereocenters. The maximum absolute atomic E-state index is 12.4. The Balaban J connectivity index is 1.88. The third-order valence-corrected chi connectivity index (χ3v) is 4.53. The summed E-state index contributed by atoms with van der Waals surface area (Å²) >= 11 is 6.07. The average molecular weight is 298 g/mol. The van der Waals surface area contributed by atoms with Crippen LogP contribution in [-0.4, -0.2) is 34.4 Å². The average Bonchev–Trinajstić information content (AvgIpc) is 3.29. The van der Waals surface area contributed by atoms with Gasteiger partial charge in [0, 0.05) is 12.2 Å². The van der Waals surface area contributed by atoms with Crippen molar-refractivity contribution in [3.63, 3.8) is 0 Å². The van der Waals surface area contributed by atoms with Gasteiger partial charge in [0.2, 0.25) is 0 Å². The molecule has 110 valence electrons. The van der Waals surface area contributed by atoms with Crippen molar-refractivity contribution in [2.45, 2.75) is 50.7 Å². The van der Waals surface area contributed by atoms with Gasteiger partial charge in [0.05, 0.1) is 24.4 Å². The molecule has 3 rings (SSSR count). The molecule has 0 bridgehead atoms. The lowest BCUT2D eigenvalue weighted by Crippen LogP contribution is -2.58. The van der Waals surface area contributed by atoms with Gasteiger partial charge in [-0.3, -0.25) is 10.00 Å². The second kappa shape index (κ2) is 5.04. The maximum Gasteiger partial charge on any atom is 0.328 e. The lowest BCUT2D eigenvalue weighted by molar-refractivity contribution is -0.150. The van der Waals surface area contributed by atoms with E-state index < -0.39 is 5.54 Å². The minimum atomic E-state index is -0.655. The second-order valence-electron chi connectivity index (χ2n) is 5.92. The lowest BCUT2D eigenvalue weighted by atomic mass is 9.92. The molecule has 2 aliphatic rings. The van der Waals surface area contributed by atoms with Gasteiger partial charge in [-0.2, -0.15) is 5.10 Å². The van der Waals surface area contributed by atoms with Crippen molar-refractivity contribution in [1.82, 2.24) is 15.1 Å². The van der Waals surface area contributed by atoms with E-state index in [4.69, 9.17) is 16.3 Å². The van der Waals surface area contributed by atoms with E-state index in [1.807, 2.05) is 6.92 Å². The maximum atomic E-state index is 12.4. The molecule has 1 atom stereocenters. The zero-order chi connectivity index (χ0) is 14.3. The standard InChI is InChI=1S/C14H20ClN3O2/c1-9-12(15)7-18(17-9)8-14(10-3-4-10,13(19)20-2)16-11-5-6-11/h7,10-11,16H,3-6,8H2,1-2H3. The topological polar surface area (TPSA) is 56.2 Å². The van der Waals surface area contributed by atoms with Crippen molar-refractivity contribution in [2.24, 2.45) is 5.92 Å². The normalized spacial score (nSPS) is 21.6. The van der Waals surface area contributed by atoms with Gasteiger partial charge in [-0.1, -0.05) is 11.6 Å². The molecule has 2 fully saturated rings. The van der Waals surface area contributed by atoms with Crippen LogP contribution in [0.1, 0.15) is 31.4 Å². The van der Waals surface area contributed by atoms with E-state index in [1.165, 1.54) is 7.11 Å². The molecule has 0 amide bonds. The Morgan fingerprint density at radius 2 is 2.25 bits per heavy atom. The van der Waals surface area contributed by atoms with E-state index in [1.54, 1.807) is 10.9 Å². The highest BCUT2D eigenvalue weighted by molar-refractivity contribution is 6.31. The highest BCUT2D eigenvalue weighted by Crippen LogP contribution is 2.43. The number of esters is 1. The second-order valence-corrected chi connectivity index (χ2v) is 6.32. The number of carbonyl (C=O) groups is 1. The van der Waals surface area contributed by atoms with E-state index >= 15 is 0 Å². The Bertz CT molecular complexity index is 503. The molecule has 5 nitrogen and oxygen atoms in total. The highest BCUT2D eigenvalue weighted by Gasteiger charge is 2.54. The number of aryl methyl sites for hydroxylation is 1. The van der Waals surface area contributed by atoms with Crippen LogP contribution in [0.4, 0.5) is 0 Å². The summed E-state index contributed by atoms with van der Waals surface area (Å²) in [5.41, 5.74) is 0.130. The Morgan fingerprint density at radius 3 is 2.70 bits per heavy atom. The summed E-state index contributed by atoms with van der Waals surface area (Å²) in [5, 5.41) is 8.53. The molecule has 0 radical (unpaired) electrons. The molecule has 1 aromatic rings. The van der Waals surface area contributed by atoms with Gasteiger partial charge < -0.3 is 4.74 Å². The van der Waals surface area contributed by atoms with Gasteiger partial charge in [-0.05, 0) is 38.5 Å². The van der Waals surface area contributed by atoms with Crippen LogP contribution in [0.2, 0.25) is 5.02 Å². The zero-order valence-electron chi connectivity index (χ0n) is 11.9. The van der Waals surface area contributed by atoms with Crippen molar-refractivity contribution < 1.29 is 9.53 Å². The van der Waals surface area contributed by atoms with E-state index in [0.717, 1.165) is 31.4 Å². The number of nitrogens with zero attached hydrogens (tertiary/aromatic N) is 2. The molecular weight excluding hydrogens is 278 g/mol.